The molecule has 19 heavy (non-hydrogen) atoms. The molecule has 2 aromatic rings. The molecule has 0 atom stereocenters. The van der Waals surface area contributed by atoms with Crippen LogP contribution in [0.1, 0.15) is 16.2 Å². The molecule has 6 heteroatoms. The molecule has 0 fully saturated rings. The van der Waals surface area contributed by atoms with Crippen LogP contribution in [0.25, 0.3) is 0 Å². The molecule has 0 aliphatic rings. The number of aryl methyl sites for hydroxylation is 2. The van der Waals surface area contributed by atoms with Crippen molar-refractivity contribution < 1.29 is 9.53 Å². The molecular formula is C13H16N4O2. The monoisotopic (exact) mass is 260 g/mol. The van der Waals surface area contributed by atoms with Gasteiger partial charge in [0.05, 0.1) is 18.5 Å². The summed E-state index contributed by atoms with van der Waals surface area (Å²) >= 11 is 0. The molecule has 2 rings (SSSR count). The van der Waals surface area contributed by atoms with Gasteiger partial charge in [0.25, 0.3) is 5.91 Å². The number of aromatic nitrogens is 2. The van der Waals surface area contributed by atoms with E-state index in [2.05, 4.69) is 10.4 Å². The Morgan fingerprint density at radius 3 is 2.79 bits per heavy atom. The number of nitrogen functional groups attached to an aromatic ring is 1. The van der Waals surface area contributed by atoms with Crippen molar-refractivity contribution in [2.45, 2.75) is 6.92 Å². The number of hydrogen-bond donors (Lipinski definition) is 2. The molecule has 0 spiro atoms. The van der Waals surface area contributed by atoms with Crippen molar-refractivity contribution in [1.29, 1.82) is 0 Å². The van der Waals surface area contributed by atoms with E-state index < -0.39 is 0 Å². The third-order valence-electron chi connectivity index (χ3n) is 2.81. The molecule has 6 nitrogen and oxygen atoms in total. The third kappa shape index (κ3) is 2.52. The van der Waals surface area contributed by atoms with Crippen molar-refractivity contribution in [2.24, 2.45) is 7.05 Å². The maximum Gasteiger partial charge on any atom is 0.276 e. The molecule has 0 radical (unpaired) electrons. The lowest BCUT2D eigenvalue weighted by atomic mass is 10.2. The van der Waals surface area contributed by atoms with Crippen LogP contribution in [0.15, 0.2) is 24.3 Å². The van der Waals surface area contributed by atoms with Gasteiger partial charge in [-0.15, -0.1) is 0 Å². The van der Waals surface area contributed by atoms with Crippen LogP contribution < -0.4 is 15.8 Å². The fraction of sp³-hybridized carbons (Fsp3) is 0.231. The number of nitrogens with one attached hydrogen (secondary N) is 1. The van der Waals surface area contributed by atoms with Crippen molar-refractivity contribution in [3.8, 4) is 5.75 Å². The van der Waals surface area contributed by atoms with E-state index in [-0.39, 0.29) is 5.91 Å². The minimum absolute atomic E-state index is 0.297. The topological polar surface area (TPSA) is 82.2 Å². The molecule has 100 valence electrons. The van der Waals surface area contributed by atoms with Gasteiger partial charge in [0.1, 0.15) is 11.4 Å². The first-order valence-electron chi connectivity index (χ1n) is 5.77. The molecule has 0 aliphatic carbocycles. The highest BCUT2D eigenvalue weighted by molar-refractivity contribution is 6.06. The van der Waals surface area contributed by atoms with E-state index in [4.69, 9.17) is 10.5 Å². The first-order valence-corrected chi connectivity index (χ1v) is 5.77. The van der Waals surface area contributed by atoms with Gasteiger partial charge in [-0.3, -0.25) is 9.48 Å². The van der Waals surface area contributed by atoms with Crippen LogP contribution in [-0.2, 0) is 7.05 Å². The standard InChI is InChI=1S/C13H16N4O2/c1-8-11(14)12(17(2)16-8)13(18)15-9-5-4-6-10(7-9)19-3/h4-7H,14H2,1-3H3,(H,15,18). The smallest absolute Gasteiger partial charge is 0.276 e. The number of rotatable bonds is 3. The fourth-order valence-electron chi connectivity index (χ4n) is 1.83. The summed E-state index contributed by atoms with van der Waals surface area (Å²) in [6.07, 6.45) is 0. The van der Waals surface area contributed by atoms with Crippen molar-refractivity contribution >= 4 is 17.3 Å². The second-order valence-corrected chi connectivity index (χ2v) is 4.16. The highest BCUT2D eigenvalue weighted by Crippen LogP contribution is 2.20. The summed E-state index contributed by atoms with van der Waals surface area (Å²) < 4.78 is 6.57. The summed E-state index contributed by atoms with van der Waals surface area (Å²) in [5.74, 6) is 0.376. The molecule has 1 heterocycles. The summed E-state index contributed by atoms with van der Waals surface area (Å²) in [5.41, 5.74) is 7.86. The lowest BCUT2D eigenvalue weighted by Crippen LogP contribution is -2.17. The van der Waals surface area contributed by atoms with Gasteiger partial charge < -0.3 is 15.8 Å². The highest BCUT2D eigenvalue weighted by atomic mass is 16.5. The van der Waals surface area contributed by atoms with Crippen LogP contribution in [-0.4, -0.2) is 22.8 Å². The maximum atomic E-state index is 12.2. The molecule has 0 unspecified atom stereocenters. The Hall–Kier alpha value is -2.50. The average molecular weight is 260 g/mol. The number of nitrogens with zero attached hydrogens (tertiary/aromatic N) is 2. The second-order valence-electron chi connectivity index (χ2n) is 4.16. The fourth-order valence-corrected chi connectivity index (χ4v) is 1.83. The maximum absolute atomic E-state index is 12.2. The van der Waals surface area contributed by atoms with Crippen molar-refractivity contribution in [3.63, 3.8) is 0 Å². The number of ether oxygens (including phenoxy) is 1. The first kappa shape index (κ1) is 12.9. The SMILES string of the molecule is COc1cccc(NC(=O)c2c(N)c(C)nn2C)c1. The zero-order valence-electron chi connectivity index (χ0n) is 11.1. The highest BCUT2D eigenvalue weighted by Gasteiger charge is 2.17. The number of methoxy groups -OCH3 is 1. The molecule has 0 saturated carbocycles. The number of carbonyl (C=O) groups is 1. The zero-order chi connectivity index (χ0) is 14.0. The second kappa shape index (κ2) is 5.01. The quantitative estimate of drug-likeness (QED) is 0.877. The molecule has 3 N–H and O–H groups in total. The van der Waals surface area contributed by atoms with E-state index >= 15 is 0 Å². The van der Waals surface area contributed by atoms with E-state index in [1.54, 1.807) is 45.3 Å². The third-order valence-corrected chi connectivity index (χ3v) is 2.81. The van der Waals surface area contributed by atoms with Gasteiger partial charge in [0.15, 0.2) is 0 Å². The number of carbonyl (C=O) groups excluding carboxylic acids is 1. The van der Waals surface area contributed by atoms with Crippen molar-refractivity contribution in [3.05, 3.63) is 35.7 Å². The van der Waals surface area contributed by atoms with Crippen LogP contribution in [0.4, 0.5) is 11.4 Å². The Balaban J connectivity index is 2.25. The Morgan fingerprint density at radius 2 is 2.21 bits per heavy atom. The van der Waals surface area contributed by atoms with Crippen molar-refractivity contribution in [2.75, 3.05) is 18.2 Å². The summed E-state index contributed by atoms with van der Waals surface area (Å²) in [4.78, 5) is 12.2. The lowest BCUT2D eigenvalue weighted by molar-refractivity contribution is 0.101. The van der Waals surface area contributed by atoms with Crippen LogP contribution in [0.3, 0.4) is 0 Å². The largest absolute Gasteiger partial charge is 0.497 e. The van der Waals surface area contributed by atoms with Crippen LogP contribution >= 0.6 is 0 Å². The summed E-state index contributed by atoms with van der Waals surface area (Å²) in [5, 5.41) is 6.88. The minimum atomic E-state index is -0.297. The predicted molar refractivity (Wildman–Crippen MR) is 73.3 cm³/mol. The van der Waals surface area contributed by atoms with Gasteiger partial charge in [-0.2, -0.15) is 5.10 Å². The van der Waals surface area contributed by atoms with Gasteiger partial charge in [0.2, 0.25) is 0 Å². The molecule has 1 amide bonds. The average Bonchev–Trinajstić information content (AvgIpc) is 2.63. The van der Waals surface area contributed by atoms with E-state index in [1.807, 2.05) is 0 Å². The van der Waals surface area contributed by atoms with Gasteiger partial charge in [0, 0.05) is 18.8 Å². The first-order chi connectivity index (χ1) is 9.02. The Labute approximate surface area is 111 Å². The van der Waals surface area contributed by atoms with E-state index in [1.165, 1.54) is 4.68 Å². The normalized spacial score (nSPS) is 10.3. The van der Waals surface area contributed by atoms with E-state index in [9.17, 15) is 4.79 Å². The molecule has 1 aromatic heterocycles. The summed E-state index contributed by atoms with van der Waals surface area (Å²) in [7, 11) is 3.26. The summed E-state index contributed by atoms with van der Waals surface area (Å²) in [6, 6.07) is 7.11. The molecular weight excluding hydrogens is 244 g/mol. The lowest BCUT2D eigenvalue weighted by Gasteiger charge is -2.07. The van der Waals surface area contributed by atoms with Crippen LogP contribution in [0, 0.1) is 6.92 Å². The molecule has 1 aromatic carbocycles. The zero-order valence-corrected chi connectivity index (χ0v) is 11.1. The summed E-state index contributed by atoms with van der Waals surface area (Å²) in [6.45, 7) is 1.76. The van der Waals surface area contributed by atoms with E-state index in [0.717, 1.165) is 0 Å². The Bertz CT molecular complexity index is 619. The predicted octanol–water partition coefficient (Wildman–Crippen LogP) is 1.57. The number of benzene rings is 1. The molecule has 0 bridgehead atoms. The Morgan fingerprint density at radius 1 is 1.47 bits per heavy atom. The Kier molecular flexibility index (Phi) is 3.41. The van der Waals surface area contributed by atoms with Crippen LogP contribution in [0.5, 0.6) is 5.75 Å². The van der Waals surface area contributed by atoms with Crippen LogP contribution in [0.2, 0.25) is 0 Å². The van der Waals surface area contributed by atoms with Gasteiger partial charge in [-0.1, -0.05) is 6.07 Å². The number of nitrogens with two attached hydrogens (primary N) is 1. The van der Waals surface area contributed by atoms with Gasteiger partial charge in [-0.25, -0.2) is 0 Å². The van der Waals surface area contributed by atoms with E-state index in [0.29, 0.717) is 28.5 Å². The minimum Gasteiger partial charge on any atom is -0.497 e. The molecule has 0 saturated heterocycles. The van der Waals surface area contributed by atoms with Crippen molar-refractivity contribution in [1.82, 2.24) is 9.78 Å². The number of amides is 1. The number of hydrogen-bond acceptors (Lipinski definition) is 4. The van der Waals surface area contributed by atoms with Gasteiger partial charge >= 0.3 is 0 Å². The molecule has 0 aliphatic heterocycles. The van der Waals surface area contributed by atoms with Gasteiger partial charge in [-0.05, 0) is 19.1 Å². The number of anilines is 2.